The second kappa shape index (κ2) is 10.8. The number of pyridine rings is 1. The summed E-state index contributed by atoms with van der Waals surface area (Å²) in [4.78, 5) is 16.6. The minimum atomic E-state index is -0.104. The number of hydrogen-bond donors (Lipinski definition) is 1. The molecular formula is C20H23BN2O4. The number of carbonyl (C=O) groups is 1. The number of nitrogens with one attached hydrogen (secondary N) is 1. The quantitative estimate of drug-likeness (QED) is 0.663. The SMILES string of the molecule is CB(NC(=O)c1ccc(OCc2ccccn2)cc1)c1ccccc1.O.O. The van der Waals surface area contributed by atoms with Gasteiger partial charge in [0, 0.05) is 11.8 Å². The maximum atomic E-state index is 12.4. The molecule has 5 N–H and O–H groups in total. The van der Waals surface area contributed by atoms with Crippen LogP contribution in [0.2, 0.25) is 6.82 Å². The first kappa shape index (κ1) is 21.9. The lowest BCUT2D eigenvalue weighted by molar-refractivity contribution is 0.0979. The second-order valence-electron chi connectivity index (χ2n) is 5.74. The number of nitrogens with zero attached hydrogens (tertiary/aromatic N) is 1. The highest BCUT2D eigenvalue weighted by atomic mass is 16.5. The van der Waals surface area contributed by atoms with Crippen LogP contribution < -0.4 is 15.4 Å². The molecule has 7 heteroatoms. The molecule has 0 spiro atoms. The van der Waals surface area contributed by atoms with Crippen molar-refractivity contribution in [2.45, 2.75) is 13.4 Å². The van der Waals surface area contributed by atoms with Crippen LogP contribution in [0.15, 0.2) is 79.0 Å². The summed E-state index contributed by atoms with van der Waals surface area (Å²) < 4.78 is 5.68. The minimum Gasteiger partial charge on any atom is -0.487 e. The summed E-state index contributed by atoms with van der Waals surface area (Å²) in [5, 5.41) is 3.00. The van der Waals surface area contributed by atoms with Gasteiger partial charge in [0.25, 0.3) is 6.85 Å². The van der Waals surface area contributed by atoms with Crippen LogP contribution in [0.3, 0.4) is 0 Å². The lowest BCUT2D eigenvalue weighted by Crippen LogP contribution is -2.45. The normalized spacial score (nSPS) is 9.37. The third-order valence-electron chi connectivity index (χ3n) is 3.88. The molecule has 2 aromatic carbocycles. The molecule has 1 amide bonds. The fourth-order valence-corrected chi connectivity index (χ4v) is 2.45. The molecule has 1 aromatic heterocycles. The van der Waals surface area contributed by atoms with Crippen LogP contribution in [0.5, 0.6) is 5.75 Å². The molecule has 27 heavy (non-hydrogen) atoms. The Morgan fingerprint density at radius 2 is 1.63 bits per heavy atom. The molecule has 0 radical (unpaired) electrons. The van der Waals surface area contributed by atoms with Gasteiger partial charge in [0.15, 0.2) is 0 Å². The fraction of sp³-hybridized carbons (Fsp3) is 0.100. The van der Waals surface area contributed by atoms with E-state index in [2.05, 4.69) is 10.2 Å². The zero-order valence-corrected chi connectivity index (χ0v) is 15.1. The molecule has 140 valence electrons. The highest BCUT2D eigenvalue weighted by molar-refractivity contribution is 6.72. The zero-order valence-electron chi connectivity index (χ0n) is 15.1. The summed E-state index contributed by atoms with van der Waals surface area (Å²) in [7, 11) is 0. The van der Waals surface area contributed by atoms with Gasteiger partial charge in [0.2, 0.25) is 5.91 Å². The van der Waals surface area contributed by atoms with Gasteiger partial charge in [0.05, 0.1) is 5.69 Å². The maximum Gasteiger partial charge on any atom is 0.285 e. The Morgan fingerprint density at radius 1 is 0.963 bits per heavy atom. The Morgan fingerprint density at radius 3 is 2.26 bits per heavy atom. The lowest BCUT2D eigenvalue weighted by Gasteiger charge is -2.11. The minimum absolute atomic E-state index is 0. The predicted octanol–water partition coefficient (Wildman–Crippen LogP) is 1.27. The van der Waals surface area contributed by atoms with E-state index in [1.807, 2.05) is 55.4 Å². The molecule has 0 unspecified atom stereocenters. The number of carbonyl (C=O) groups excluding carboxylic acids is 1. The van der Waals surface area contributed by atoms with Crippen molar-refractivity contribution in [2.24, 2.45) is 0 Å². The van der Waals surface area contributed by atoms with Gasteiger partial charge in [-0.3, -0.25) is 9.78 Å². The Kier molecular flexibility index (Phi) is 8.71. The number of ether oxygens (including phenoxy) is 1. The number of rotatable bonds is 6. The summed E-state index contributed by atoms with van der Waals surface area (Å²) in [5.74, 6) is 0.603. The highest BCUT2D eigenvalue weighted by Crippen LogP contribution is 2.13. The average molecular weight is 366 g/mol. The van der Waals surface area contributed by atoms with Crippen molar-refractivity contribution >= 4 is 18.2 Å². The number of aromatic nitrogens is 1. The van der Waals surface area contributed by atoms with E-state index >= 15 is 0 Å². The zero-order chi connectivity index (χ0) is 17.5. The van der Waals surface area contributed by atoms with Crippen LogP contribution in [0.1, 0.15) is 16.1 Å². The highest BCUT2D eigenvalue weighted by Gasteiger charge is 2.15. The molecule has 3 aromatic rings. The van der Waals surface area contributed by atoms with Crippen molar-refractivity contribution in [1.82, 2.24) is 10.2 Å². The van der Waals surface area contributed by atoms with Crippen molar-refractivity contribution in [3.8, 4) is 5.75 Å². The molecule has 0 bridgehead atoms. The van der Waals surface area contributed by atoms with E-state index in [1.54, 1.807) is 30.5 Å². The summed E-state index contributed by atoms with van der Waals surface area (Å²) in [5.41, 5.74) is 2.54. The molecule has 0 aliphatic carbocycles. The topological polar surface area (TPSA) is 114 Å². The van der Waals surface area contributed by atoms with E-state index in [0.717, 1.165) is 11.2 Å². The fourth-order valence-electron chi connectivity index (χ4n) is 2.45. The molecular weight excluding hydrogens is 343 g/mol. The van der Waals surface area contributed by atoms with E-state index < -0.39 is 0 Å². The Balaban J connectivity index is 0.00000182. The summed E-state index contributed by atoms with van der Waals surface area (Å²) in [6.07, 6.45) is 1.74. The van der Waals surface area contributed by atoms with Gasteiger partial charge in [-0.05, 0) is 36.4 Å². The van der Waals surface area contributed by atoms with Gasteiger partial charge >= 0.3 is 0 Å². The molecule has 0 aliphatic heterocycles. The molecule has 6 nitrogen and oxygen atoms in total. The van der Waals surface area contributed by atoms with Crippen LogP contribution >= 0.6 is 0 Å². The number of benzene rings is 2. The van der Waals surface area contributed by atoms with Crippen LogP contribution in [-0.4, -0.2) is 28.7 Å². The van der Waals surface area contributed by atoms with Crippen molar-refractivity contribution in [1.29, 1.82) is 0 Å². The Labute approximate surface area is 158 Å². The number of hydrogen-bond acceptors (Lipinski definition) is 3. The Hall–Kier alpha value is -3.16. The van der Waals surface area contributed by atoms with Crippen molar-refractivity contribution in [3.05, 3.63) is 90.3 Å². The third-order valence-corrected chi connectivity index (χ3v) is 3.88. The molecule has 1 heterocycles. The lowest BCUT2D eigenvalue weighted by atomic mass is 9.58. The molecule has 0 aliphatic rings. The van der Waals surface area contributed by atoms with E-state index in [1.165, 1.54) is 0 Å². The first-order valence-corrected chi connectivity index (χ1v) is 8.21. The summed E-state index contributed by atoms with van der Waals surface area (Å²) in [6.45, 7) is 2.32. The van der Waals surface area contributed by atoms with Crippen LogP contribution in [0.25, 0.3) is 0 Å². The summed E-state index contributed by atoms with van der Waals surface area (Å²) in [6, 6.07) is 22.7. The van der Waals surface area contributed by atoms with Crippen molar-refractivity contribution < 1.29 is 20.5 Å². The van der Waals surface area contributed by atoms with E-state index in [0.29, 0.717) is 17.9 Å². The average Bonchev–Trinajstić information content (AvgIpc) is 2.68. The summed E-state index contributed by atoms with van der Waals surface area (Å²) >= 11 is 0. The van der Waals surface area contributed by atoms with Gasteiger partial charge in [-0.2, -0.15) is 0 Å². The van der Waals surface area contributed by atoms with E-state index in [9.17, 15) is 4.79 Å². The van der Waals surface area contributed by atoms with Gasteiger partial charge in [-0.25, -0.2) is 0 Å². The van der Waals surface area contributed by atoms with Gasteiger partial charge in [-0.1, -0.05) is 48.7 Å². The van der Waals surface area contributed by atoms with Gasteiger partial charge in [-0.15, -0.1) is 0 Å². The molecule has 0 atom stereocenters. The second-order valence-corrected chi connectivity index (χ2v) is 5.74. The standard InChI is InChI=1S/C20H19BN2O2.2H2O/c1-21(17-7-3-2-4-8-17)23-20(24)16-10-12-19(13-11-16)25-15-18-9-5-6-14-22-18;;/h2-14H,15H2,1H3,(H,23,24);2*1H2. The predicted molar refractivity (Wildman–Crippen MR) is 107 cm³/mol. The monoisotopic (exact) mass is 366 g/mol. The third kappa shape index (κ3) is 6.25. The smallest absolute Gasteiger partial charge is 0.285 e. The van der Waals surface area contributed by atoms with Crippen molar-refractivity contribution in [3.63, 3.8) is 0 Å². The first-order valence-electron chi connectivity index (χ1n) is 8.21. The van der Waals surface area contributed by atoms with Gasteiger partial charge < -0.3 is 20.9 Å². The van der Waals surface area contributed by atoms with E-state index in [-0.39, 0.29) is 23.7 Å². The van der Waals surface area contributed by atoms with Gasteiger partial charge in [0.1, 0.15) is 12.4 Å². The first-order chi connectivity index (χ1) is 12.2. The van der Waals surface area contributed by atoms with Crippen LogP contribution in [0, 0.1) is 0 Å². The van der Waals surface area contributed by atoms with Crippen LogP contribution in [0.4, 0.5) is 0 Å². The van der Waals surface area contributed by atoms with Crippen molar-refractivity contribution in [2.75, 3.05) is 0 Å². The Bertz CT molecular complexity index is 814. The largest absolute Gasteiger partial charge is 0.487 e. The molecule has 0 fully saturated rings. The van der Waals surface area contributed by atoms with Crippen LogP contribution in [-0.2, 0) is 6.61 Å². The maximum absolute atomic E-state index is 12.4. The molecule has 3 rings (SSSR count). The van der Waals surface area contributed by atoms with E-state index in [4.69, 9.17) is 4.74 Å². The molecule has 0 saturated heterocycles. The molecule has 0 saturated carbocycles. The number of amides is 1.